The summed E-state index contributed by atoms with van der Waals surface area (Å²) < 4.78 is 31.6. The highest BCUT2D eigenvalue weighted by Gasteiger charge is 2.48. The molecule has 0 bridgehead atoms. The van der Waals surface area contributed by atoms with E-state index in [4.69, 9.17) is 0 Å². The summed E-state index contributed by atoms with van der Waals surface area (Å²) in [5.74, 6) is -1.70. The van der Waals surface area contributed by atoms with Gasteiger partial charge in [0.25, 0.3) is 24.1 Å². The van der Waals surface area contributed by atoms with Crippen molar-refractivity contribution in [1.29, 1.82) is 0 Å². The summed E-state index contributed by atoms with van der Waals surface area (Å²) in [4.78, 5) is 87.9. The second-order valence-corrected chi connectivity index (χ2v) is 18.2. The number of nitrogens with zero attached hydrogens (tertiary/aromatic N) is 8. The van der Waals surface area contributed by atoms with Gasteiger partial charge >= 0.3 is 0 Å². The molecule has 4 N–H and O–H groups in total. The van der Waals surface area contributed by atoms with Crippen molar-refractivity contribution < 1.29 is 37.5 Å². The number of carbonyl (C=O) groups excluding carboxylic acids is 6. The molecule has 1 unspecified atom stereocenters. The van der Waals surface area contributed by atoms with Crippen LogP contribution >= 0.6 is 0 Å². The number of alkyl halides is 2. The standard InChI is InChI=1S/C44H50F2N12O6/c45-37(46)36-31(50-39(60)29-23-49-56-15-10-33(51-38(29)56)54-18-13-47-14-19-54)24-57(53-36)27-6-4-26(5-7-27)41(62)55-16-11-44(12-17-55)20-25(21-44)22-48-30-3-1-2-28-35(30)43(64)58(42(28)63)32-8-9-34(59)52-40(32)61/h1-3,10,15,23-27,32,37,47-48H,4-9,11-14,16-22H2,(H,50,60)(H,52,59,61)/t26-,27-,32?. The number of fused-ring (bicyclic) bond motifs is 2. The predicted molar refractivity (Wildman–Crippen MR) is 227 cm³/mol. The van der Waals surface area contributed by atoms with Gasteiger partial charge in [0.1, 0.15) is 17.4 Å². The van der Waals surface area contributed by atoms with Crippen LogP contribution in [0.1, 0.15) is 113 Å². The molecule has 4 aromatic rings. The summed E-state index contributed by atoms with van der Waals surface area (Å²) in [7, 11) is 0. The molecule has 20 heteroatoms. The lowest BCUT2D eigenvalue weighted by atomic mass is 9.57. The van der Waals surface area contributed by atoms with Crippen LogP contribution in [0.5, 0.6) is 0 Å². The minimum absolute atomic E-state index is 0.0575. The second kappa shape index (κ2) is 16.7. The molecule has 1 aromatic carbocycles. The number of imide groups is 2. The van der Waals surface area contributed by atoms with Gasteiger partial charge in [-0.15, -0.1) is 0 Å². The predicted octanol–water partition coefficient (Wildman–Crippen LogP) is 3.79. The third-order valence-electron chi connectivity index (χ3n) is 14.3. The van der Waals surface area contributed by atoms with Crippen molar-refractivity contribution >= 4 is 58.3 Å². The van der Waals surface area contributed by atoms with E-state index in [1.54, 1.807) is 24.4 Å². The lowest BCUT2D eigenvalue weighted by Crippen LogP contribution is -2.54. The highest BCUT2D eigenvalue weighted by atomic mass is 19.3. The third kappa shape index (κ3) is 7.64. The van der Waals surface area contributed by atoms with E-state index in [0.717, 1.165) is 56.8 Å². The quantitative estimate of drug-likeness (QED) is 0.168. The number of piperazine rings is 1. The van der Waals surface area contributed by atoms with Gasteiger partial charge in [-0.1, -0.05) is 6.07 Å². The lowest BCUT2D eigenvalue weighted by molar-refractivity contribution is -0.141. The lowest BCUT2D eigenvalue weighted by Gasteiger charge is -2.53. The average Bonchev–Trinajstić information content (AvgIpc) is 3.99. The number of anilines is 3. The van der Waals surface area contributed by atoms with Crippen LogP contribution in [-0.2, 0) is 14.4 Å². The Morgan fingerprint density at radius 2 is 1.69 bits per heavy atom. The van der Waals surface area contributed by atoms with Gasteiger partial charge in [-0.25, -0.2) is 18.3 Å². The topological polar surface area (TPSA) is 208 Å². The van der Waals surface area contributed by atoms with Crippen molar-refractivity contribution in [2.45, 2.75) is 82.7 Å². The molecule has 6 amide bonds. The summed E-state index contributed by atoms with van der Waals surface area (Å²) in [6, 6.07) is 5.68. The smallest absolute Gasteiger partial charge is 0.284 e. The SMILES string of the molecule is O=C1CCC(N2C(=O)c3cccc(NCC4CC5(CCN(C(=O)[C@H]6CC[C@H](n7cc(NC(=O)c8cnn9ccc(N%10CCNCC%10)nc89)c(C(F)F)n7)CC6)CC5)C4)c3C2=O)C(=O)N1. The monoisotopic (exact) mass is 880 g/mol. The van der Waals surface area contributed by atoms with Crippen LogP contribution in [0.25, 0.3) is 5.65 Å². The average molecular weight is 881 g/mol. The fraction of sp³-hybridized carbons (Fsp3) is 0.523. The van der Waals surface area contributed by atoms with Crippen molar-refractivity contribution in [1.82, 2.24) is 44.8 Å². The summed E-state index contributed by atoms with van der Waals surface area (Å²) in [5, 5.41) is 20.1. The molecular formula is C44H50F2N12O6. The van der Waals surface area contributed by atoms with E-state index < -0.39 is 47.7 Å². The first-order chi connectivity index (χ1) is 30.9. The normalized spacial score (nSPS) is 23.7. The minimum atomic E-state index is -2.91. The van der Waals surface area contributed by atoms with Crippen LogP contribution in [0.2, 0.25) is 0 Å². The van der Waals surface area contributed by atoms with Crippen LogP contribution in [0.15, 0.2) is 42.9 Å². The van der Waals surface area contributed by atoms with Gasteiger partial charge < -0.3 is 25.8 Å². The van der Waals surface area contributed by atoms with Crippen LogP contribution in [0.3, 0.4) is 0 Å². The molecule has 3 saturated heterocycles. The molecule has 10 rings (SSSR count). The van der Waals surface area contributed by atoms with Gasteiger partial charge in [-0.3, -0.25) is 43.7 Å². The molecule has 7 heterocycles. The number of carbonyl (C=O) groups is 6. The van der Waals surface area contributed by atoms with E-state index >= 15 is 0 Å². The van der Waals surface area contributed by atoms with E-state index in [1.165, 1.54) is 21.6 Å². The van der Waals surface area contributed by atoms with E-state index in [0.29, 0.717) is 68.4 Å². The van der Waals surface area contributed by atoms with Crippen molar-refractivity contribution in [3.8, 4) is 0 Å². The fourth-order valence-electron chi connectivity index (χ4n) is 10.8. The second-order valence-electron chi connectivity index (χ2n) is 18.2. The number of hydrogen-bond donors (Lipinski definition) is 4. The Balaban J connectivity index is 0.698. The van der Waals surface area contributed by atoms with Gasteiger partial charge in [0.05, 0.1) is 29.1 Å². The van der Waals surface area contributed by atoms with Crippen molar-refractivity contribution in [2.24, 2.45) is 17.3 Å². The summed E-state index contributed by atoms with van der Waals surface area (Å²) in [6.07, 6.45) is 7.98. The molecule has 2 saturated carbocycles. The third-order valence-corrected chi connectivity index (χ3v) is 14.3. The number of nitrogens with one attached hydrogen (secondary N) is 4. The molecule has 336 valence electrons. The van der Waals surface area contributed by atoms with Crippen molar-refractivity contribution in [3.63, 3.8) is 0 Å². The molecular weight excluding hydrogens is 831 g/mol. The molecule has 4 aliphatic heterocycles. The Bertz CT molecular complexity index is 2530. The number of piperidine rings is 2. The molecule has 3 aromatic heterocycles. The fourth-order valence-corrected chi connectivity index (χ4v) is 10.8. The first-order valence-corrected chi connectivity index (χ1v) is 22.3. The van der Waals surface area contributed by atoms with Crippen LogP contribution < -0.4 is 26.2 Å². The Kier molecular flexibility index (Phi) is 10.9. The highest BCUT2D eigenvalue weighted by Crippen LogP contribution is 2.53. The number of rotatable bonds is 10. The Hall–Kier alpha value is -6.31. The van der Waals surface area contributed by atoms with Crippen LogP contribution in [-0.4, -0.2) is 121 Å². The minimum Gasteiger partial charge on any atom is -0.384 e. The number of benzene rings is 1. The molecule has 6 aliphatic rings. The Morgan fingerprint density at radius 3 is 2.42 bits per heavy atom. The van der Waals surface area contributed by atoms with Gasteiger partial charge in [0, 0.05) is 76.2 Å². The maximum absolute atomic E-state index is 14.3. The van der Waals surface area contributed by atoms with Crippen molar-refractivity contribution in [2.75, 3.05) is 61.3 Å². The molecule has 64 heavy (non-hydrogen) atoms. The Morgan fingerprint density at radius 1 is 0.922 bits per heavy atom. The van der Waals surface area contributed by atoms with Crippen molar-refractivity contribution in [3.05, 3.63) is 65.2 Å². The molecule has 18 nitrogen and oxygen atoms in total. The number of amides is 6. The van der Waals surface area contributed by atoms with E-state index in [9.17, 15) is 37.5 Å². The number of hydrogen-bond acceptors (Lipinski definition) is 12. The maximum atomic E-state index is 14.3. The Labute approximate surface area is 366 Å². The van der Waals surface area contributed by atoms with Gasteiger partial charge in [0.2, 0.25) is 17.7 Å². The first-order valence-electron chi connectivity index (χ1n) is 22.3. The number of aromatic nitrogens is 5. The zero-order chi connectivity index (χ0) is 44.3. The summed E-state index contributed by atoms with van der Waals surface area (Å²) >= 11 is 0. The zero-order valence-electron chi connectivity index (χ0n) is 35.2. The number of halogens is 2. The molecule has 5 fully saturated rings. The highest BCUT2D eigenvalue weighted by molar-refractivity contribution is 6.25. The van der Waals surface area contributed by atoms with Crippen LogP contribution in [0.4, 0.5) is 26.0 Å². The number of likely N-dealkylation sites (tertiary alicyclic amines) is 1. The van der Waals surface area contributed by atoms with Crippen LogP contribution in [0, 0.1) is 17.3 Å². The van der Waals surface area contributed by atoms with Gasteiger partial charge in [-0.2, -0.15) is 10.2 Å². The molecule has 2 aliphatic carbocycles. The summed E-state index contributed by atoms with van der Waals surface area (Å²) in [5.41, 5.74) is 1.10. The maximum Gasteiger partial charge on any atom is 0.284 e. The van der Waals surface area contributed by atoms with E-state index in [2.05, 4.69) is 41.3 Å². The largest absolute Gasteiger partial charge is 0.384 e. The van der Waals surface area contributed by atoms with E-state index in [-0.39, 0.29) is 58.5 Å². The van der Waals surface area contributed by atoms with Gasteiger partial charge in [0.15, 0.2) is 11.3 Å². The van der Waals surface area contributed by atoms with E-state index in [1.807, 2.05) is 11.0 Å². The first kappa shape index (κ1) is 41.7. The molecule has 1 atom stereocenters. The molecule has 0 radical (unpaired) electrons. The molecule has 1 spiro atoms. The summed E-state index contributed by atoms with van der Waals surface area (Å²) in [6.45, 7) is 5.13. The van der Waals surface area contributed by atoms with Gasteiger partial charge in [-0.05, 0) is 87.3 Å². The zero-order valence-corrected chi connectivity index (χ0v) is 35.2.